The van der Waals surface area contributed by atoms with Crippen molar-refractivity contribution in [1.29, 1.82) is 0 Å². The maximum Gasteiger partial charge on any atom is 0.293 e. The van der Waals surface area contributed by atoms with E-state index in [1.54, 1.807) is 30.3 Å². The lowest BCUT2D eigenvalue weighted by molar-refractivity contribution is -0.123. The molecule has 0 radical (unpaired) electrons. The van der Waals surface area contributed by atoms with Gasteiger partial charge in [0.15, 0.2) is 11.5 Å². The largest absolute Gasteiger partial charge is 0.454 e. The lowest BCUT2D eigenvalue weighted by Gasteiger charge is -2.14. The molecule has 1 fully saturated rings. The molecule has 34 heavy (non-hydrogen) atoms. The fraction of sp³-hybridized carbons (Fsp3) is 0.167. The third-order valence-electron chi connectivity index (χ3n) is 5.66. The molecule has 5 rings (SSSR count). The summed E-state index contributed by atoms with van der Waals surface area (Å²) >= 11 is 19.5. The summed E-state index contributed by atoms with van der Waals surface area (Å²) in [5.74, 6) is 0.708. The Morgan fingerprint density at radius 2 is 1.71 bits per heavy atom. The zero-order valence-electron chi connectivity index (χ0n) is 18.0. The predicted octanol–water partition coefficient (Wildman–Crippen LogP) is 7.02. The number of carbonyl (C=O) groups is 2. The fourth-order valence-corrected chi connectivity index (χ4v) is 5.32. The summed E-state index contributed by atoms with van der Waals surface area (Å²) in [5.41, 5.74) is 4.15. The summed E-state index contributed by atoms with van der Waals surface area (Å²) in [6.45, 7) is 4.05. The lowest BCUT2D eigenvalue weighted by Crippen LogP contribution is -2.27. The summed E-state index contributed by atoms with van der Waals surface area (Å²) in [7, 11) is 0. The molecule has 0 bridgehead atoms. The molecule has 6 nitrogen and oxygen atoms in total. The van der Waals surface area contributed by atoms with Gasteiger partial charge in [0.25, 0.3) is 11.1 Å². The standard InChI is InChI=1S/C24H17Cl3N2O4S/c1-12-5-14(13(2)29(12)16-3-4-17(25)19(27)8-16)7-22-23(30)28(24(31)34-22)10-15-6-20-21(9-18(15)26)33-11-32-20/h3-9H,10-11H2,1-2H3/b22-7-. The van der Waals surface area contributed by atoms with Crippen LogP contribution in [0.2, 0.25) is 15.1 Å². The van der Waals surface area contributed by atoms with Gasteiger partial charge in [0.1, 0.15) is 0 Å². The van der Waals surface area contributed by atoms with Gasteiger partial charge in [-0.2, -0.15) is 0 Å². The van der Waals surface area contributed by atoms with E-state index in [1.165, 1.54) is 4.90 Å². The number of amides is 2. The second-order valence-electron chi connectivity index (χ2n) is 7.83. The van der Waals surface area contributed by atoms with E-state index in [9.17, 15) is 9.59 Å². The number of aromatic nitrogens is 1. The Morgan fingerprint density at radius 3 is 2.44 bits per heavy atom. The van der Waals surface area contributed by atoms with E-state index in [0.717, 1.165) is 34.4 Å². The second kappa shape index (κ2) is 8.89. The molecule has 2 amide bonds. The molecule has 1 aromatic heterocycles. The van der Waals surface area contributed by atoms with Crippen molar-refractivity contribution in [2.75, 3.05) is 6.79 Å². The Bertz CT molecular complexity index is 1400. The van der Waals surface area contributed by atoms with Gasteiger partial charge in [0.05, 0.1) is 21.5 Å². The SMILES string of the molecule is Cc1cc(/C=C2\SC(=O)N(Cc3cc4c(cc3Cl)OCO4)C2=O)c(C)n1-c1ccc(Cl)c(Cl)c1. The number of benzene rings is 2. The number of hydrogen-bond donors (Lipinski definition) is 0. The van der Waals surface area contributed by atoms with E-state index in [-0.39, 0.29) is 24.5 Å². The van der Waals surface area contributed by atoms with Crippen molar-refractivity contribution >= 4 is 63.8 Å². The average Bonchev–Trinajstić information content (AvgIpc) is 3.43. The van der Waals surface area contributed by atoms with Crippen molar-refractivity contribution in [2.24, 2.45) is 0 Å². The molecule has 2 aliphatic rings. The number of nitrogens with zero attached hydrogens (tertiary/aromatic N) is 2. The Balaban J connectivity index is 1.43. The highest BCUT2D eigenvalue weighted by atomic mass is 35.5. The first kappa shape index (κ1) is 23.2. The van der Waals surface area contributed by atoms with Crippen LogP contribution < -0.4 is 9.47 Å². The minimum absolute atomic E-state index is 0.0414. The Kier molecular flexibility index (Phi) is 6.06. The summed E-state index contributed by atoms with van der Waals surface area (Å²) in [6, 6.07) is 10.7. The fourth-order valence-electron chi connectivity index (χ4n) is 3.98. The molecular weight excluding hydrogens is 519 g/mol. The van der Waals surface area contributed by atoms with Crippen LogP contribution in [0.1, 0.15) is 22.5 Å². The van der Waals surface area contributed by atoms with Crippen LogP contribution in [-0.2, 0) is 11.3 Å². The average molecular weight is 536 g/mol. The number of aryl methyl sites for hydroxylation is 1. The van der Waals surface area contributed by atoms with Crippen LogP contribution in [0.15, 0.2) is 41.3 Å². The number of carbonyl (C=O) groups excluding carboxylic acids is 2. The zero-order chi connectivity index (χ0) is 24.1. The van der Waals surface area contributed by atoms with Gasteiger partial charge in [-0.1, -0.05) is 34.8 Å². The molecule has 3 aromatic rings. The monoisotopic (exact) mass is 534 g/mol. The van der Waals surface area contributed by atoms with Gasteiger partial charge < -0.3 is 14.0 Å². The van der Waals surface area contributed by atoms with E-state index in [4.69, 9.17) is 44.3 Å². The Morgan fingerprint density at radius 1 is 0.971 bits per heavy atom. The van der Waals surface area contributed by atoms with Crippen molar-refractivity contribution < 1.29 is 19.1 Å². The molecule has 0 N–H and O–H groups in total. The number of ether oxygens (including phenoxy) is 2. The van der Waals surface area contributed by atoms with Crippen LogP contribution in [0.25, 0.3) is 11.8 Å². The minimum atomic E-state index is -0.372. The van der Waals surface area contributed by atoms with Gasteiger partial charge in [0.2, 0.25) is 6.79 Å². The molecular formula is C24H17Cl3N2O4S. The molecule has 174 valence electrons. The molecule has 1 saturated heterocycles. The minimum Gasteiger partial charge on any atom is -0.454 e. The molecule has 0 spiro atoms. The van der Waals surface area contributed by atoms with Crippen molar-refractivity contribution in [3.05, 3.63) is 78.9 Å². The topological polar surface area (TPSA) is 60.8 Å². The summed E-state index contributed by atoms with van der Waals surface area (Å²) in [6.07, 6.45) is 1.74. The third kappa shape index (κ3) is 4.07. The molecule has 10 heteroatoms. The first-order valence-corrected chi connectivity index (χ1v) is 12.2. The highest BCUT2D eigenvalue weighted by molar-refractivity contribution is 8.18. The van der Waals surface area contributed by atoms with Gasteiger partial charge in [0, 0.05) is 28.2 Å². The van der Waals surface area contributed by atoms with Crippen LogP contribution in [0.3, 0.4) is 0 Å². The number of thioether (sulfide) groups is 1. The molecule has 3 heterocycles. The predicted molar refractivity (Wildman–Crippen MR) is 134 cm³/mol. The normalized spacial score (nSPS) is 16.3. The van der Waals surface area contributed by atoms with E-state index in [0.29, 0.717) is 37.0 Å². The summed E-state index contributed by atoms with van der Waals surface area (Å²) in [4.78, 5) is 27.3. The number of rotatable bonds is 4. The van der Waals surface area contributed by atoms with Crippen molar-refractivity contribution in [2.45, 2.75) is 20.4 Å². The molecule has 2 aliphatic heterocycles. The van der Waals surface area contributed by atoms with Gasteiger partial charge in [-0.15, -0.1) is 0 Å². The number of hydrogen-bond acceptors (Lipinski definition) is 5. The third-order valence-corrected chi connectivity index (χ3v) is 7.66. The molecule has 0 saturated carbocycles. The molecule has 0 atom stereocenters. The van der Waals surface area contributed by atoms with Crippen molar-refractivity contribution in [3.8, 4) is 17.2 Å². The number of halogens is 3. The van der Waals surface area contributed by atoms with Crippen LogP contribution in [0, 0.1) is 13.8 Å². The van der Waals surface area contributed by atoms with Gasteiger partial charge in [-0.3, -0.25) is 14.5 Å². The summed E-state index contributed by atoms with van der Waals surface area (Å²) in [5, 5.41) is 0.974. The second-order valence-corrected chi connectivity index (χ2v) is 10.0. The highest BCUT2D eigenvalue weighted by Crippen LogP contribution is 2.40. The highest BCUT2D eigenvalue weighted by Gasteiger charge is 2.36. The summed E-state index contributed by atoms with van der Waals surface area (Å²) < 4.78 is 12.7. The number of fused-ring (bicyclic) bond motifs is 1. The van der Waals surface area contributed by atoms with Crippen LogP contribution in [0.5, 0.6) is 11.5 Å². The van der Waals surface area contributed by atoms with Crippen molar-refractivity contribution in [3.63, 3.8) is 0 Å². The van der Waals surface area contributed by atoms with Crippen LogP contribution in [0.4, 0.5) is 4.79 Å². The first-order valence-electron chi connectivity index (χ1n) is 10.2. The Labute approximate surface area is 215 Å². The van der Waals surface area contributed by atoms with E-state index >= 15 is 0 Å². The number of imide groups is 1. The Hall–Kier alpha value is -2.58. The maximum absolute atomic E-state index is 13.1. The lowest BCUT2D eigenvalue weighted by atomic mass is 10.2. The van der Waals surface area contributed by atoms with Gasteiger partial charge in [-0.05, 0) is 73.1 Å². The van der Waals surface area contributed by atoms with Crippen LogP contribution >= 0.6 is 46.6 Å². The zero-order valence-corrected chi connectivity index (χ0v) is 21.1. The van der Waals surface area contributed by atoms with Gasteiger partial charge in [-0.25, -0.2) is 0 Å². The van der Waals surface area contributed by atoms with E-state index in [1.807, 2.05) is 30.5 Å². The van der Waals surface area contributed by atoms with E-state index < -0.39 is 0 Å². The quantitative estimate of drug-likeness (QED) is 0.336. The van der Waals surface area contributed by atoms with Crippen molar-refractivity contribution in [1.82, 2.24) is 9.47 Å². The molecule has 0 unspecified atom stereocenters. The smallest absolute Gasteiger partial charge is 0.293 e. The molecule has 0 aliphatic carbocycles. The first-order chi connectivity index (χ1) is 16.2. The van der Waals surface area contributed by atoms with Crippen LogP contribution in [-0.4, -0.2) is 27.4 Å². The maximum atomic E-state index is 13.1. The molecule has 2 aromatic carbocycles. The van der Waals surface area contributed by atoms with Gasteiger partial charge >= 0.3 is 0 Å². The van der Waals surface area contributed by atoms with E-state index in [2.05, 4.69) is 0 Å².